The van der Waals surface area contributed by atoms with Crippen molar-refractivity contribution in [1.29, 1.82) is 0 Å². The normalized spacial score (nSPS) is 10.8. The second-order valence-corrected chi connectivity index (χ2v) is 4.36. The van der Waals surface area contributed by atoms with Crippen molar-refractivity contribution in [2.24, 2.45) is 0 Å². The second-order valence-electron chi connectivity index (χ2n) is 4.36. The number of nitrogens with zero attached hydrogens (tertiary/aromatic N) is 3. The monoisotopic (exact) mass is 253 g/mol. The van der Waals surface area contributed by atoms with Gasteiger partial charge < -0.3 is 4.74 Å². The van der Waals surface area contributed by atoms with Gasteiger partial charge in [-0.2, -0.15) is 5.10 Å². The molecule has 2 aromatic heterocycles. The minimum atomic E-state index is 0.678. The molecule has 19 heavy (non-hydrogen) atoms. The Hall–Kier alpha value is -2.36. The van der Waals surface area contributed by atoms with Crippen LogP contribution in [0.3, 0.4) is 0 Å². The molecule has 0 N–H and O–H groups in total. The Morgan fingerprint density at radius 2 is 1.89 bits per heavy atom. The van der Waals surface area contributed by atoms with E-state index in [0.717, 1.165) is 28.3 Å². The van der Waals surface area contributed by atoms with Gasteiger partial charge in [0.25, 0.3) is 0 Å². The van der Waals surface area contributed by atoms with Crippen molar-refractivity contribution in [3.63, 3.8) is 0 Å². The minimum absolute atomic E-state index is 0.678. The third-order valence-corrected chi connectivity index (χ3v) is 2.90. The van der Waals surface area contributed by atoms with Crippen molar-refractivity contribution < 1.29 is 4.74 Å². The standard InChI is InChI=1S/C15H15N3O/c1-3-19-13-6-4-12(5-7-13)14-8-9-15-16-11(2)10-18(15)17-14/h4-10H,3H2,1-2H3. The first-order valence-corrected chi connectivity index (χ1v) is 6.32. The van der Waals surface area contributed by atoms with Crippen LogP contribution in [0.15, 0.2) is 42.6 Å². The molecule has 1 aromatic carbocycles. The van der Waals surface area contributed by atoms with Crippen molar-refractivity contribution in [3.05, 3.63) is 48.3 Å². The SMILES string of the molecule is CCOc1ccc(-c2ccc3nc(C)cn3n2)cc1. The van der Waals surface area contributed by atoms with E-state index in [-0.39, 0.29) is 0 Å². The van der Waals surface area contributed by atoms with Gasteiger partial charge in [0.2, 0.25) is 0 Å². The van der Waals surface area contributed by atoms with Gasteiger partial charge in [-0.3, -0.25) is 0 Å². The third kappa shape index (κ3) is 2.29. The number of aryl methyl sites for hydroxylation is 1. The number of aromatic nitrogens is 3. The lowest BCUT2D eigenvalue weighted by atomic mass is 10.1. The Bertz CT molecular complexity index is 701. The fourth-order valence-corrected chi connectivity index (χ4v) is 2.04. The highest BCUT2D eigenvalue weighted by Crippen LogP contribution is 2.21. The molecular formula is C15H15N3O. The Labute approximate surface area is 111 Å². The zero-order valence-electron chi connectivity index (χ0n) is 11.0. The summed E-state index contributed by atoms with van der Waals surface area (Å²) >= 11 is 0. The molecule has 4 nitrogen and oxygen atoms in total. The Morgan fingerprint density at radius 3 is 2.63 bits per heavy atom. The van der Waals surface area contributed by atoms with Crippen LogP contribution in [-0.4, -0.2) is 21.2 Å². The molecule has 0 atom stereocenters. The van der Waals surface area contributed by atoms with E-state index >= 15 is 0 Å². The Kier molecular flexibility index (Phi) is 2.91. The number of rotatable bonds is 3. The lowest BCUT2D eigenvalue weighted by Crippen LogP contribution is -1.94. The molecular weight excluding hydrogens is 238 g/mol. The predicted octanol–water partition coefficient (Wildman–Crippen LogP) is 3.10. The first kappa shape index (κ1) is 11.7. The van der Waals surface area contributed by atoms with Crippen molar-refractivity contribution >= 4 is 5.65 Å². The molecule has 0 unspecified atom stereocenters. The summed E-state index contributed by atoms with van der Waals surface area (Å²) < 4.78 is 7.24. The number of hydrogen-bond acceptors (Lipinski definition) is 3. The summed E-state index contributed by atoms with van der Waals surface area (Å²) in [5, 5.41) is 4.56. The summed E-state index contributed by atoms with van der Waals surface area (Å²) in [6.07, 6.45) is 1.92. The first-order valence-electron chi connectivity index (χ1n) is 6.32. The van der Waals surface area contributed by atoms with E-state index in [1.54, 1.807) is 4.52 Å². The van der Waals surface area contributed by atoms with Crippen LogP contribution >= 0.6 is 0 Å². The highest BCUT2D eigenvalue weighted by atomic mass is 16.5. The molecule has 2 heterocycles. The average Bonchev–Trinajstić information content (AvgIpc) is 2.79. The van der Waals surface area contributed by atoms with Crippen molar-refractivity contribution in [3.8, 4) is 17.0 Å². The van der Waals surface area contributed by atoms with Crippen molar-refractivity contribution in [2.75, 3.05) is 6.61 Å². The van der Waals surface area contributed by atoms with E-state index in [4.69, 9.17) is 4.74 Å². The van der Waals surface area contributed by atoms with Gasteiger partial charge in [0.15, 0.2) is 5.65 Å². The summed E-state index contributed by atoms with van der Waals surface area (Å²) in [6, 6.07) is 11.9. The third-order valence-electron chi connectivity index (χ3n) is 2.90. The van der Waals surface area contributed by atoms with Crippen LogP contribution < -0.4 is 4.74 Å². The molecule has 0 spiro atoms. The summed E-state index contributed by atoms with van der Waals surface area (Å²) in [4.78, 5) is 4.37. The Balaban J connectivity index is 1.98. The van der Waals surface area contributed by atoms with E-state index in [2.05, 4.69) is 10.1 Å². The van der Waals surface area contributed by atoms with Crippen LogP contribution in [0.1, 0.15) is 12.6 Å². The molecule has 96 valence electrons. The molecule has 0 aliphatic carbocycles. The highest BCUT2D eigenvalue weighted by molar-refractivity contribution is 5.61. The largest absolute Gasteiger partial charge is 0.494 e. The van der Waals surface area contributed by atoms with Gasteiger partial charge in [-0.05, 0) is 50.2 Å². The van der Waals surface area contributed by atoms with Crippen LogP contribution in [0.4, 0.5) is 0 Å². The molecule has 0 radical (unpaired) electrons. The zero-order valence-corrected chi connectivity index (χ0v) is 11.0. The second kappa shape index (κ2) is 4.72. The fourth-order valence-electron chi connectivity index (χ4n) is 2.04. The highest BCUT2D eigenvalue weighted by Gasteiger charge is 2.03. The van der Waals surface area contributed by atoms with Gasteiger partial charge in [-0.1, -0.05) is 0 Å². The van der Waals surface area contributed by atoms with Crippen LogP contribution in [0.2, 0.25) is 0 Å². The number of fused-ring (bicyclic) bond motifs is 1. The van der Waals surface area contributed by atoms with E-state index in [1.807, 2.05) is 56.4 Å². The summed E-state index contributed by atoms with van der Waals surface area (Å²) in [6.45, 7) is 4.62. The minimum Gasteiger partial charge on any atom is -0.494 e. The molecule has 3 rings (SSSR count). The van der Waals surface area contributed by atoms with E-state index in [1.165, 1.54) is 0 Å². The fraction of sp³-hybridized carbons (Fsp3) is 0.200. The van der Waals surface area contributed by atoms with Crippen LogP contribution in [0.5, 0.6) is 5.75 Å². The van der Waals surface area contributed by atoms with Crippen LogP contribution in [-0.2, 0) is 0 Å². The zero-order chi connectivity index (χ0) is 13.2. The summed E-state index contributed by atoms with van der Waals surface area (Å²) in [7, 11) is 0. The molecule has 4 heteroatoms. The van der Waals surface area contributed by atoms with E-state index in [0.29, 0.717) is 6.61 Å². The summed E-state index contributed by atoms with van der Waals surface area (Å²) in [5.74, 6) is 0.880. The quantitative estimate of drug-likeness (QED) is 0.720. The van der Waals surface area contributed by atoms with E-state index < -0.39 is 0 Å². The number of benzene rings is 1. The number of imidazole rings is 1. The predicted molar refractivity (Wildman–Crippen MR) is 74.3 cm³/mol. The van der Waals surface area contributed by atoms with Gasteiger partial charge in [0, 0.05) is 5.56 Å². The Morgan fingerprint density at radius 1 is 1.11 bits per heavy atom. The number of hydrogen-bond donors (Lipinski definition) is 0. The number of ether oxygens (including phenoxy) is 1. The van der Waals surface area contributed by atoms with Gasteiger partial charge in [0.05, 0.1) is 24.2 Å². The van der Waals surface area contributed by atoms with Gasteiger partial charge >= 0.3 is 0 Å². The molecule has 0 amide bonds. The molecule has 0 saturated heterocycles. The molecule has 0 aliphatic rings. The molecule has 0 aliphatic heterocycles. The topological polar surface area (TPSA) is 39.4 Å². The van der Waals surface area contributed by atoms with Gasteiger partial charge in [0.1, 0.15) is 5.75 Å². The molecule has 0 bridgehead atoms. The average molecular weight is 253 g/mol. The van der Waals surface area contributed by atoms with Gasteiger partial charge in [-0.25, -0.2) is 9.50 Å². The molecule has 0 fully saturated rings. The lowest BCUT2D eigenvalue weighted by Gasteiger charge is -2.05. The van der Waals surface area contributed by atoms with Crippen molar-refractivity contribution in [2.45, 2.75) is 13.8 Å². The molecule has 0 saturated carbocycles. The van der Waals surface area contributed by atoms with E-state index in [9.17, 15) is 0 Å². The maximum atomic E-state index is 5.43. The van der Waals surface area contributed by atoms with Crippen LogP contribution in [0.25, 0.3) is 16.9 Å². The smallest absolute Gasteiger partial charge is 0.153 e. The van der Waals surface area contributed by atoms with Crippen molar-refractivity contribution in [1.82, 2.24) is 14.6 Å². The first-order chi connectivity index (χ1) is 9.26. The summed E-state index contributed by atoms with van der Waals surface area (Å²) in [5.41, 5.74) is 3.83. The maximum Gasteiger partial charge on any atom is 0.153 e. The van der Waals surface area contributed by atoms with Gasteiger partial charge in [-0.15, -0.1) is 0 Å². The lowest BCUT2D eigenvalue weighted by molar-refractivity contribution is 0.340. The van der Waals surface area contributed by atoms with Crippen LogP contribution in [0, 0.1) is 6.92 Å². The maximum absolute atomic E-state index is 5.43. The molecule has 3 aromatic rings.